The molecule has 0 aliphatic heterocycles. The zero-order valence-electron chi connectivity index (χ0n) is 9.27. The Balaban J connectivity index is 2.86. The Bertz CT molecular complexity index is 450. The molecule has 7 heteroatoms. The van der Waals surface area contributed by atoms with Crippen molar-refractivity contribution in [3.05, 3.63) is 33.3 Å². The van der Waals surface area contributed by atoms with Crippen molar-refractivity contribution in [2.75, 3.05) is 7.05 Å². The third kappa shape index (κ3) is 3.32. The number of halogens is 1. The van der Waals surface area contributed by atoms with E-state index in [1.807, 2.05) is 0 Å². The van der Waals surface area contributed by atoms with E-state index in [2.05, 4.69) is 5.32 Å². The largest absolute Gasteiger partial charge is 0.479 e. The number of carbonyl (C=O) groups excluding carboxylic acids is 1. The molecule has 0 aliphatic rings. The van der Waals surface area contributed by atoms with Crippen LogP contribution < -0.4 is 10.1 Å². The number of benzene rings is 1. The molecule has 1 aromatic carbocycles. The van der Waals surface area contributed by atoms with Crippen LogP contribution in [0.1, 0.15) is 6.92 Å². The Morgan fingerprint density at radius 2 is 2.24 bits per heavy atom. The molecule has 0 saturated carbocycles. The summed E-state index contributed by atoms with van der Waals surface area (Å²) in [5.74, 6) is -0.0761. The topological polar surface area (TPSA) is 81.5 Å². The highest BCUT2D eigenvalue weighted by molar-refractivity contribution is 6.32. The Kier molecular flexibility index (Phi) is 4.28. The van der Waals surface area contributed by atoms with Crippen LogP contribution in [0, 0.1) is 10.1 Å². The second kappa shape index (κ2) is 5.49. The molecule has 17 heavy (non-hydrogen) atoms. The third-order valence-electron chi connectivity index (χ3n) is 2.05. The van der Waals surface area contributed by atoms with Crippen molar-refractivity contribution in [1.29, 1.82) is 0 Å². The fraction of sp³-hybridized carbons (Fsp3) is 0.300. The van der Waals surface area contributed by atoms with Crippen LogP contribution in [0.25, 0.3) is 0 Å². The van der Waals surface area contributed by atoms with Crippen LogP contribution in [-0.2, 0) is 4.79 Å². The molecule has 92 valence electrons. The number of hydrogen-bond acceptors (Lipinski definition) is 4. The molecule has 0 heterocycles. The van der Waals surface area contributed by atoms with Crippen molar-refractivity contribution in [2.24, 2.45) is 0 Å². The number of carbonyl (C=O) groups is 1. The molecule has 1 atom stereocenters. The number of nitrogens with one attached hydrogen (secondary N) is 1. The van der Waals surface area contributed by atoms with E-state index in [0.717, 1.165) is 0 Å². The predicted molar refractivity (Wildman–Crippen MR) is 62.3 cm³/mol. The van der Waals surface area contributed by atoms with Crippen LogP contribution in [0.15, 0.2) is 18.2 Å². The minimum Gasteiger partial charge on any atom is -0.479 e. The number of nitrogens with zero attached hydrogens (tertiary/aromatic N) is 1. The van der Waals surface area contributed by atoms with Gasteiger partial charge in [-0.2, -0.15) is 0 Å². The van der Waals surface area contributed by atoms with Crippen LogP contribution in [0.3, 0.4) is 0 Å². The molecule has 1 amide bonds. The van der Waals surface area contributed by atoms with Gasteiger partial charge in [0.05, 0.1) is 9.95 Å². The molecule has 1 rings (SSSR count). The van der Waals surface area contributed by atoms with Gasteiger partial charge in [0.2, 0.25) is 0 Å². The van der Waals surface area contributed by atoms with Crippen molar-refractivity contribution in [3.8, 4) is 5.75 Å². The Morgan fingerprint density at radius 3 is 2.71 bits per heavy atom. The molecule has 1 N–H and O–H groups in total. The van der Waals surface area contributed by atoms with E-state index in [4.69, 9.17) is 16.3 Å². The summed E-state index contributed by atoms with van der Waals surface area (Å²) in [5.41, 5.74) is -0.130. The van der Waals surface area contributed by atoms with Gasteiger partial charge in [0.15, 0.2) is 6.10 Å². The number of amides is 1. The lowest BCUT2D eigenvalue weighted by atomic mass is 10.3. The van der Waals surface area contributed by atoms with Crippen LogP contribution in [0.5, 0.6) is 5.75 Å². The highest BCUT2D eigenvalue weighted by Gasteiger charge is 2.16. The van der Waals surface area contributed by atoms with Gasteiger partial charge in [-0.25, -0.2) is 0 Å². The van der Waals surface area contributed by atoms with E-state index < -0.39 is 11.0 Å². The highest BCUT2D eigenvalue weighted by atomic mass is 35.5. The number of non-ortho nitro benzene ring substituents is 1. The number of ether oxygens (including phenoxy) is 1. The summed E-state index contributed by atoms with van der Waals surface area (Å²) in [4.78, 5) is 21.1. The van der Waals surface area contributed by atoms with Crippen molar-refractivity contribution >= 4 is 23.2 Å². The molecule has 0 saturated heterocycles. The summed E-state index contributed by atoms with van der Waals surface area (Å²) in [6, 6.07) is 3.80. The fourth-order valence-electron chi connectivity index (χ4n) is 1.15. The maximum Gasteiger partial charge on any atom is 0.271 e. The average Bonchev–Trinajstić information content (AvgIpc) is 2.30. The minimum absolute atomic E-state index is 0.0925. The zero-order valence-corrected chi connectivity index (χ0v) is 10.0. The molecule has 0 radical (unpaired) electrons. The van der Waals surface area contributed by atoms with Crippen molar-refractivity contribution < 1.29 is 14.5 Å². The smallest absolute Gasteiger partial charge is 0.271 e. The monoisotopic (exact) mass is 258 g/mol. The zero-order chi connectivity index (χ0) is 13.0. The summed E-state index contributed by atoms with van der Waals surface area (Å²) in [6.07, 6.45) is -0.723. The number of rotatable bonds is 4. The lowest BCUT2D eigenvalue weighted by molar-refractivity contribution is -0.384. The lowest BCUT2D eigenvalue weighted by Crippen LogP contribution is -2.33. The molecule has 0 aromatic heterocycles. The first kappa shape index (κ1) is 13.2. The lowest BCUT2D eigenvalue weighted by Gasteiger charge is -2.13. The van der Waals surface area contributed by atoms with Crippen LogP contribution in [-0.4, -0.2) is 24.0 Å². The number of nitro groups is 1. The van der Waals surface area contributed by atoms with E-state index in [1.165, 1.54) is 25.2 Å². The van der Waals surface area contributed by atoms with Crippen LogP contribution >= 0.6 is 11.6 Å². The maximum atomic E-state index is 11.2. The van der Waals surface area contributed by atoms with E-state index in [1.54, 1.807) is 6.92 Å². The first-order valence-corrected chi connectivity index (χ1v) is 5.15. The van der Waals surface area contributed by atoms with Crippen molar-refractivity contribution in [3.63, 3.8) is 0 Å². The number of likely N-dealkylation sites (N-methyl/N-ethyl adjacent to an activating group) is 1. The van der Waals surface area contributed by atoms with E-state index >= 15 is 0 Å². The Morgan fingerprint density at radius 1 is 1.59 bits per heavy atom. The molecular weight excluding hydrogens is 248 g/mol. The molecular formula is C10H11ClN2O4. The van der Waals surface area contributed by atoms with Gasteiger partial charge in [-0.1, -0.05) is 11.6 Å². The quantitative estimate of drug-likeness (QED) is 0.659. The second-order valence-corrected chi connectivity index (χ2v) is 3.65. The van der Waals surface area contributed by atoms with Gasteiger partial charge in [0.1, 0.15) is 5.75 Å². The van der Waals surface area contributed by atoms with Gasteiger partial charge in [0.25, 0.3) is 11.6 Å². The van der Waals surface area contributed by atoms with Gasteiger partial charge >= 0.3 is 0 Å². The molecule has 0 unspecified atom stereocenters. The predicted octanol–water partition coefficient (Wildman–Crippen LogP) is 1.76. The summed E-state index contributed by atoms with van der Waals surface area (Å²) < 4.78 is 5.27. The Hall–Kier alpha value is -1.82. The van der Waals surface area contributed by atoms with Crippen LogP contribution in [0.4, 0.5) is 5.69 Å². The number of hydrogen-bond donors (Lipinski definition) is 1. The fourth-order valence-corrected chi connectivity index (χ4v) is 1.37. The molecule has 1 aromatic rings. The molecule has 6 nitrogen and oxygen atoms in total. The van der Waals surface area contributed by atoms with E-state index in [9.17, 15) is 14.9 Å². The highest BCUT2D eigenvalue weighted by Crippen LogP contribution is 2.29. The third-order valence-corrected chi connectivity index (χ3v) is 2.34. The van der Waals surface area contributed by atoms with E-state index in [-0.39, 0.29) is 22.4 Å². The first-order valence-electron chi connectivity index (χ1n) is 4.78. The van der Waals surface area contributed by atoms with Crippen molar-refractivity contribution in [2.45, 2.75) is 13.0 Å². The standard InChI is InChI=1S/C10H11ClN2O4/c1-6(10(14)12-2)17-9-4-3-7(13(15)16)5-8(9)11/h3-6H,1-2H3,(H,12,14)/t6-/m1/s1. The summed E-state index contributed by atoms with van der Waals surface area (Å²) in [6.45, 7) is 1.55. The normalized spacial score (nSPS) is 11.7. The molecule has 0 aliphatic carbocycles. The molecule has 0 bridgehead atoms. The van der Waals surface area contributed by atoms with Gasteiger partial charge in [-0.3, -0.25) is 14.9 Å². The minimum atomic E-state index is -0.723. The van der Waals surface area contributed by atoms with Crippen molar-refractivity contribution in [1.82, 2.24) is 5.32 Å². The number of nitro benzene ring substituents is 1. The average molecular weight is 259 g/mol. The van der Waals surface area contributed by atoms with Gasteiger partial charge in [-0.05, 0) is 13.0 Å². The summed E-state index contributed by atoms with van der Waals surface area (Å²) >= 11 is 5.80. The SMILES string of the molecule is CNC(=O)[C@@H](C)Oc1ccc([N+](=O)[O-])cc1Cl. The van der Waals surface area contributed by atoms with Gasteiger partial charge < -0.3 is 10.1 Å². The van der Waals surface area contributed by atoms with E-state index in [0.29, 0.717) is 0 Å². The first-order chi connectivity index (χ1) is 7.95. The van der Waals surface area contributed by atoms with Gasteiger partial charge in [0, 0.05) is 19.2 Å². The summed E-state index contributed by atoms with van der Waals surface area (Å²) in [7, 11) is 1.49. The van der Waals surface area contributed by atoms with Crippen LogP contribution in [0.2, 0.25) is 5.02 Å². The Labute approximate surface area is 103 Å². The maximum absolute atomic E-state index is 11.2. The summed E-state index contributed by atoms with van der Waals surface area (Å²) in [5, 5.41) is 13.0. The van der Waals surface area contributed by atoms with Gasteiger partial charge in [-0.15, -0.1) is 0 Å². The second-order valence-electron chi connectivity index (χ2n) is 3.25. The molecule has 0 spiro atoms. The molecule has 0 fully saturated rings.